The van der Waals surface area contributed by atoms with E-state index in [1.807, 2.05) is 26.8 Å². The maximum Gasteiger partial charge on any atom is 0.258 e. The molecular weight excluding hydrogens is 470 g/mol. The summed E-state index contributed by atoms with van der Waals surface area (Å²) >= 11 is 0. The van der Waals surface area contributed by atoms with Crippen molar-refractivity contribution in [1.82, 2.24) is 20.4 Å². The van der Waals surface area contributed by atoms with E-state index in [1.165, 1.54) is 11.1 Å². The van der Waals surface area contributed by atoms with Crippen LogP contribution >= 0.6 is 0 Å². The third-order valence-corrected chi connectivity index (χ3v) is 6.53. The van der Waals surface area contributed by atoms with Crippen molar-refractivity contribution >= 4 is 5.91 Å². The molecule has 9 nitrogen and oxygen atoms in total. The van der Waals surface area contributed by atoms with Crippen molar-refractivity contribution in [2.24, 2.45) is 0 Å². The van der Waals surface area contributed by atoms with Crippen molar-refractivity contribution in [1.29, 1.82) is 5.26 Å². The normalized spacial score (nSPS) is 15.4. The van der Waals surface area contributed by atoms with Crippen molar-refractivity contribution in [2.45, 2.75) is 58.7 Å². The van der Waals surface area contributed by atoms with E-state index in [-0.39, 0.29) is 30.7 Å². The lowest BCUT2D eigenvalue weighted by molar-refractivity contribution is -0.126. The highest BCUT2D eigenvalue weighted by Crippen LogP contribution is 2.29. The lowest BCUT2D eigenvalue weighted by Crippen LogP contribution is -2.49. The van der Waals surface area contributed by atoms with Crippen molar-refractivity contribution in [3.63, 3.8) is 0 Å². The number of amides is 1. The molecule has 0 bridgehead atoms. The first-order chi connectivity index (χ1) is 17.8. The molecule has 2 atom stereocenters. The number of ether oxygens (including phenoxy) is 1. The van der Waals surface area contributed by atoms with Gasteiger partial charge < -0.3 is 19.7 Å². The summed E-state index contributed by atoms with van der Waals surface area (Å²) in [6.07, 6.45) is 1.59. The van der Waals surface area contributed by atoms with Gasteiger partial charge in [-0.1, -0.05) is 17.3 Å². The summed E-state index contributed by atoms with van der Waals surface area (Å²) in [5.41, 5.74) is 4.36. The third-order valence-electron chi connectivity index (χ3n) is 6.53. The molecule has 0 aliphatic carbocycles. The Labute approximate surface area is 217 Å². The number of carbonyl (C=O) groups is 1. The molecule has 2 aromatic carbocycles. The smallest absolute Gasteiger partial charge is 0.258 e. The fourth-order valence-electron chi connectivity index (χ4n) is 4.41. The summed E-state index contributed by atoms with van der Waals surface area (Å²) in [4.78, 5) is 19.3. The molecule has 2 unspecified atom stereocenters. The highest BCUT2D eigenvalue weighted by atomic mass is 16.5. The second-order valence-corrected chi connectivity index (χ2v) is 9.70. The molecule has 1 aliphatic rings. The van der Waals surface area contributed by atoms with Crippen LogP contribution in [0.25, 0.3) is 22.8 Å². The number of fused-ring (bicyclic) bond motifs is 1. The van der Waals surface area contributed by atoms with Crippen LogP contribution < -0.4 is 10.1 Å². The molecule has 0 spiro atoms. The molecule has 0 saturated heterocycles. The van der Waals surface area contributed by atoms with Gasteiger partial charge in [-0.15, -0.1) is 0 Å². The van der Waals surface area contributed by atoms with Crippen LogP contribution in [0.3, 0.4) is 0 Å². The van der Waals surface area contributed by atoms with E-state index in [9.17, 15) is 15.2 Å². The maximum absolute atomic E-state index is 12.5. The van der Waals surface area contributed by atoms with Gasteiger partial charge in [0, 0.05) is 30.3 Å². The number of nitrogens with one attached hydrogen (secondary N) is 1. The minimum Gasteiger partial charge on any atom is -0.490 e. The first kappa shape index (κ1) is 26.3. The van der Waals surface area contributed by atoms with E-state index < -0.39 is 0 Å². The molecular formula is C28H33N5O4. The Bertz CT molecular complexity index is 1300. The first-order valence-electron chi connectivity index (χ1n) is 12.6. The number of hydrogen-bond donors (Lipinski definition) is 2. The zero-order valence-electron chi connectivity index (χ0n) is 21.7. The van der Waals surface area contributed by atoms with Gasteiger partial charge in [-0.05, 0) is 75.9 Å². The molecule has 9 heteroatoms. The second-order valence-electron chi connectivity index (χ2n) is 9.70. The van der Waals surface area contributed by atoms with E-state index >= 15 is 0 Å². The van der Waals surface area contributed by atoms with Crippen LogP contribution in [0.5, 0.6) is 5.75 Å². The van der Waals surface area contributed by atoms with Crippen LogP contribution in [0.15, 0.2) is 40.9 Å². The molecule has 37 heavy (non-hydrogen) atoms. The molecule has 0 fully saturated rings. The monoisotopic (exact) mass is 503 g/mol. The van der Waals surface area contributed by atoms with Crippen LogP contribution in [0.1, 0.15) is 44.4 Å². The number of aliphatic hydroxyl groups excluding tert-OH is 1. The Morgan fingerprint density at radius 3 is 2.57 bits per heavy atom. The van der Waals surface area contributed by atoms with Gasteiger partial charge in [0.15, 0.2) is 0 Å². The van der Waals surface area contributed by atoms with Gasteiger partial charge >= 0.3 is 0 Å². The highest BCUT2D eigenvalue weighted by molar-refractivity contribution is 5.81. The molecule has 4 rings (SSSR count). The van der Waals surface area contributed by atoms with E-state index in [0.29, 0.717) is 28.6 Å². The summed E-state index contributed by atoms with van der Waals surface area (Å²) in [6.45, 7) is 8.95. The molecule has 0 radical (unpaired) electrons. The van der Waals surface area contributed by atoms with Gasteiger partial charge in [0.2, 0.25) is 11.7 Å². The van der Waals surface area contributed by atoms with Gasteiger partial charge in [0.05, 0.1) is 24.3 Å². The molecule has 194 valence electrons. The third kappa shape index (κ3) is 6.16. The molecule has 1 amide bonds. The van der Waals surface area contributed by atoms with Crippen LogP contribution in [0, 0.1) is 11.3 Å². The summed E-state index contributed by atoms with van der Waals surface area (Å²) in [6, 6.07) is 13.0. The topological polar surface area (TPSA) is 125 Å². The zero-order chi connectivity index (χ0) is 26.5. The number of nitrogens with zero attached hydrogens (tertiary/aromatic N) is 4. The quantitative estimate of drug-likeness (QED) is 0.480. The minimum absolute atomic E-state index is 0.0384. The van der Waals surface area contributed by atoms with E-state index in [0.717, 1.165) is 31.5 Å². The fraction of sp³-hybridized carbons (Fsp3) is 0.429. The van der Waals surface area contributed by atoms with Gasteiger partial charge in [-0.25, -0.2) is 0 Å². The van der Waals surface area contributed by atoms with Gasteiger partial charge in [0.25, 0.3) is 5.89 Å². The number of benzene rings is 2. The van der Waals surface area contributed by atoms with Gasteiger partial charge in [0.1, 0.15) is 11.8 Å². The maximum atomic E-state index is 12.5. The largest absolute Gasteiger partial charge is 0.490 e. The highest BCUT2D eigenvalue weighted by Gasteiger charge is 2.25. The lowest BCUT2D eigenvalue weighted by Gasteiger charge is -2.27. The fourth-order valence-corrected chi connectivity index (χ4v) is 4.41. The predicted octanol–water partition coefficient (Wildman–Crippen LogP) is 3.35. The molecule has 2 heterocycles. The Balaban J connectivity index is 1.49. The average Bonchev–Trinajstić information content (AvgIpc) is 3.29. The molecule has 3 aromatic rings. The number of nitriles is 1. The minimum atomic E-state index is -0.279. The number of hydrogen-bond acceptors (Lipinski definition) is 8. The summed E-state index contributed by atoms with van der Waals surface area (Å²) in [5.74, 6) is 1.26. The van der Waals surface area contributed by atoms with Crippen LogP contribution in [0.4, 0.5) is 0 Å². The predicted molar refractivity (Wildman–Crippen MR) is 139 cm³/mol. The second kappa shape index (κ2) is 11.5. The first-order valence-corrected chi connectivity index (χ1v) is 12.6. The number of aliphatic hydroxyl groups is 1. The lowest BCUT2D eigenvalue weighted by atomic mass is 10.00. The zero-order valence-corrected chi connectivity index (χ0v) is 21.7. The van der Waals surface area contributed by atoms with Gasteiger partial charge in [-0.3, -0.25) is 9.69 Å². The van der Waals surface area contributed by atoms with Crippen LogP contribution in [0.2, 0.25) is 0 Å². The molecule has 2 N–H and O–H groups in total. The van der Waals surface area contributed by atoms with Crippen molar-refractivity contribution in [3.05, 3.63) is 53.1 Å². The van der Waals surface area contributed by atoms with E-state index in [2.05, 4.69) is 38.6 Å². The van der Waals surface area contributed by atoms with Crippen molar-refractivity contribution < 1.29 is 19.2 Å². The van der Waals surface area contributed by atoms with Gasteiger partial charge in [-0.2, -0.15) is 10.2 Å². The molecule has 1 aromatic heterocycles. The van der Waals surface area contributed by atoms with Crippen LogP contribution in [-0.2, 0) is 17.6 Å². The molecule has 0 saturated carbocycles. The Morgan fingerprint density at radius 2 is 1.86 bits per heavy atom. The summed E-state index contributed by atoms with van der Waals surface area (Å²) < 4.78 is 11.2. The van der Waals surface area contributed by atoms with Crippen molar-refractivity contribution in [3.8, 4) is 34.7 Å². The van der Waals surface area contributed by atoms with E-state index in [1.54, 1.807) is 25.1 Å². The summed E-state index contributed by atoms with van der Waals surface area (Å²) in [7, 11) is 0. The SMILES string of the molecule is CC(CO)NC(=O)C(C)N1CCc2ccc(-c3noc(-c4ccc(OC(C)C)c(C#N)c4)n3)cc2CC1. The van der Waals surface area contributed by atoms with Crippen molar-refractivity contribution in [2.75, 3.05) is 19.7 Å². The molecule has 1 aliphatic heterocycles. The number of carbonyl (C=O) groups excluding carboxylic acids is 1. The number of rotatable bonds is 8. The number of aromatic nitrogens is 2. The standard InChI is InChI=1S/C28H33N5O4/c1-17(2)36-25-8-7-23(14-24(25)15-29)28-31-26(32-37-28)22-6-5-20-9-11-33(12-10-21(20)13-22)19(4)27(35)30-18(3)16-34/h5-8,13-14,17-19,34H,9-12,16H2,1-4H3,(H,30,35). The summed E-state index contributed by atoms with van der Waals surface area (Å²) in [5, 5.41) is 25.8. The Hall–Kier alpha value is -3.74. The Kier molecular flexibility index (Phi) is 8.21. The van der Waals surface area contributed by atoms with E-state index in [4.69, 9.17) is 9.26 Å². The Morgan fingerprint density at radius 1 is 1.14 bits per heavy atom. The van der Waals surface area contributed by atoms with Crippen LogP contribution in [-0.4, -0.2) is 63.9 Å². The average molecular weight is 504 g/mol.